The van der Waals surface area contributed by atoms with Crippen molar-refractivity contribution in [2.24, 2.45) is 5.41 Å². The van der Waals surface area contributed by atoms with Gasteiger partial charge in [0.15, 0.2) is 5.82 Å². The smallest absolute Gasteiger partial charge is 0.229 e. The van der Waals surface area contributed by atoms with Crippen LogP contribution < -0.4 is 5.32 Å². The molecule has 1 aromatic carbocycles. The van der Waals surface area contributed by atoms with Gasteiger partial charge in [-0.15, -0.1) is 0 Å². The van der Waals surface area contributed by atoms with Crippen molar-refractivity contribution in [3.05, 3.63) is 47.1 Å². The van der Waals surface area contributed by atoms with Crippen LogP contribution in [-0.2, 0) is 13.0 Å². The zero-order valence-electron chi connectivity index (χ0n) is 13.3. The summed E-state index contributed by atoms with van der Waals surface area (Å²) in [6.45, 7) is 5.31. The Labute approximate surface area is 131 Å². The van der Waals surface area contributed by atoms with E-state index in [1.165, 1.54) is 30.4 Å². The SMILES string of the molecule is CC1(C)Cc2ccccc2C1NCc1noc(C2CCC2)n1. The van der Waals surface area contributed by atoms with Crippen LogP contribution in [-0.4, -0.2) is 10.1 Å². The van der Waals surface area contributed by atoms with Crippen molar-refractivity contribution < 1.29 is 4.52 Å². The van der Waals surface area contributed by atoms with E-state index in [9.17, 15) is 0 Å². The lowest BCUT2D eigenvalue weighted by Gasteiger charge is -2.28. The normalized spacial score (nSPS) is 23.3. The van der Waals surface area contributed by atoms with Gasteiger partial charge in [-0.1, -0.05) is 49.7 Å². The van der Waals surface area contributed by atoms with Crippen LogP contribution in [0.1, 0.15) is 67.9 Å². The Morgan fingerprint density at radius 2 is 2.09 bits per heavy atom. The summed E-state index contributed by atoms with van der Waals surface area (Å²) in [6, 6.07) is 9.06. The largest absolute Gasteiger partial charge is 0.339 e. The molecule has 1 unspecified atom stereocenters. The van der Waals surface area contributed by atoms with Gasteiger partial charge in [0.2, 0.25) is 5.89 Å². The maximum atomic E-state index is 5.40. The lowest BCUT2D eigenvalue weighted by atomic mass is 9.85. The number of nitrogens with one attached hydrogen (secondary N) is 1. The first-order valence-electron chi connectivity index (χ1n) is 8.27. The summed E-state index contributed by atoms with van der Waals surface area (Å²) in [6.07, 6.45) is 4.78. The van der Waals surface area contributed by atoms with Gasteiger partial charge in [-0.3, -0.25) is 0 Å². The quantitative estimate of drug-likeness (QED) is 0.933. The molecule has 4 heteroatoms. The predicted octanol–water partition coefficient (Wildman–Crippen LogP) is 3.75. The highest BCUT2D eigenvalue weighted by atomic mass is 16.5. The molecule has 0 radical (unpaired) electrons. The van der Waals surface area contributed by atoms with E-state index in [0.29, 0.717) is 18.5 Å². The fraction of sp³-hybridized carbons (Fsp3) is 0.556. The number of rotatable bonds is 4. The molecular weight excluding hydrogens is 274 g/mol. The molecule has 1 N–H and O–H groups in total. The van der Waals surface area contributed by atoms with Gasteiger partial charge in [-0.2, -0.15) is 4.98 Å². The van der Waals surface area contributed by atoms with Crippen LogP contribution >= 0.6 is 0 Å². The van der Waals surface area contributed by atoms with E-state index < -0.39 is 0 Å². The van der Waals surface area contributed by atoms with Crippen LogP contribution in [0.15, 0.2) is 28.8 Å². The third kappa shape index (κ3) is 2.35. The second kappa shape index (κ2) is 5.20. The maximum Gasteiger partial charge on any atom is 0.229 e. The first-order chi connectivity index (χ1) is 10.6. The Kier molecular flexibility index (Phi) is 3.30. The molecule has 0 aliphatic heterocycles. The van der Waals surface area contributed by atoms with Gasteiger partial charge in [-0.05, 0) is 35.8 Å². The Morgan fingerprint density at radius 3 is 2.86 bits per heavy atom. The van der Waals surface area contributed by atoms with Crippen molar-refractivity contribution in [3.63, 3.8) is 0 Å². The van der Waals surface area contributed by atoms with Crippen LogP contribution in [0.3, 0.4) is 0 Å². The zero-order chi connectivity index (χ0) is 15.2. The number of fused-ring (bicyclic) bond motifs is 1. The Morgan fingerprint density at radius 1 is 1.27 bits per heavy atom. The molecule has 116 valence electrons. The van der Waals surface area contributed by atoms with Crippen molar-refractivity contribution in [2.45, 2.75) is 58.0 Å². The highest BCUT2D eigenvalue weighted by Gasteiger charge is 2.38. The van der Waals surface area contributed by atoms with Crippen LogP contribution in [0.5, 0.6) is 0 Å². The van der Waals surface area contributed by atoms with E-state index in [1.807, 2.05) is 0 Å². The van der Waals surface area contributed by atoms with E-state index in [1.54, 1.807) is 0 Å². The molecule has 1 fully saturated rings. The van der Waals surface area contributed by atoms with Gasteiger partial charge in [0.05, 0.1) is 6.54 Å². The number of hydrogen-bond acceptors (Lipinski definition) is 4. The minimum Gasteiger partial charge on any atom is -0.339 e. The minimum absolute atomic E-state index is 0.213. The van der Waals surface area contributed by atoms with Crippen LogP contribution in [0.2, 0.25) is 0 Å². The second-order valence-corrected chi connectivity index (χ2v) is 7.35. The van der Waals surface area contributed by atoms with Crippen molar-refractivity contribution in [3.8, 4) is 0 Å². The molecule has 2 aliphatic rings. The van der Waals surface area contributed by atoms with Gasteiger partial charge in [-0.25, -0.2) is 0 Å². The van der Waals surface area contributed by atoms with Gasteiger partial charge >= 0.3 is 0 Å². The lowest BCUT2D eigenvalue weighted by molar-refractivity contribution is 0.264. The molecule has 4 nitrogen and oxygen atoms in total. The van der Waals surface area contributed by atoms with Crippen LogP contribution in [0.4, 0.5) is 0 Å². The summed E-state index contributed by atoms with van der Waals surface area (Å²) in [4.78, 5) is 4.56. The third-order valence-electron chi connectivity index (χ3n) is 5.20. The first kappa shape index (κ1) is 13.9. The molecule has 1 heterocycles. The van der Waals surface area contributed by atoms with E-state index >= 15 is 0 Å². The molecule has 22 heavy (non-hydrogen) atoms. The molecule has 1 aromatic heterocycles. The molecule has 0 spiro atoms. The number of hydrogen-bond donors (Lipinski definition) is 1. The first-order valence-corrected chi connectivity index (χ1v) is 8.27. The Bertz CT molecular complexity index is 672. The number of aromatic nitrogens is 2. The van der Waals surface area contributed by atoms with Crippen molar-refractivity contribution in [1.29, 1.82) is 0 Å². The van der Waals surface area contributed by atoms with E-state index in [-0.39, 0.29) is 5.41 Å². The summed E-state index contributed by atoms with van der Waals surface area (Å²) in [5.74, 6) is 2.11. The predicted molar refractivity (Wildman–Crippen MR) is 84.4 cm³/mol. The molecule has 4 rings (SSSR count). The van der Waals surface area contributed by atoms with Crippen LogP contribution in [0.25, 0.3) is 0 Å². The zero-order valence-corrected chi connectivity index (χ0v) is 13.3. The topological polar surface area (TPSA) is 51.0 Å². The summed E-state index contributed by atoms with van der Waals surface area (Å²) in [5, 5.41) is 7.78. The lowest BCUT2D eigenvalue weighted by Crippen LogP contribution is -2.31. The fourth-order valence-corrected chi connectivity index (χ4v) is 3.73. The van der Waals surface area contributed by atoms with Gasteiger partial charge in [0.1, 0.15) is 0 Å². The second-order valence-electron chi connectivity index (χ2n) is 7.35. The van der Waals surface area contributed by atoms with Crippen LogP contribution in [0, 0.1) is 5.41 Å². The molecule has 1 atom stereocenters. The summed E-state index contributed by atoms with van der Waals surface area (Å²) >= 11 is 0. The molecule has 2 aliphatic carbocycles. The maximum absolute atomic E-state index is 5.40. The van der Waals surface area contributed by atoms with Gasteiger partial charge < -0.3 is 9.84 Å². The molecule has 0 amide bonds. The summed E-state index contributed by atoms with van der Waals surface area (Å²) < 4.78 is 5.40. The fourth-order valence-electron chi connectivity index (χ4n) is 3.73. The average Bonchev–Trinajstić information content (AvgIpc) is 2.96. The molecular formula is C18H23N3O. The summed E-state index contributed by atoms with van der Waals surface area (Å²) in [7, 11) is 0. The van der Waals surface area contributed by atoms with Crippen molar-refractivity contribution >= 4 is 0 Å². The molecule has 0 bridgehead atoms. The standard InChI is InChI=1S/C18H23N3O/c1-18(2)10-13-6-3-4-9-14(13)16(18)19-11-15-20-17(22-21-15)12-7-5-8-12/h3-4,6,9,12,16,19H,5,7-8,10-11H2,1-2H3. The molecule has 2 aromatic rings. The Balaban J connectivity index is 1.47. The summed E-state index contributed by atoms with van der Waals surface area (Å²) in [5.41, 5.74) is 3.08. The molecule has 0 saturated heterocycles. The highest BCUT2D eigenvalue weighted by Crippen LogP contribution is 2.45. The van der Waals surface area contributed by atoms with Gasteiger partial charge in [0.25, 0.3) is 0 Å². The average molecular weight is 297 g/mol. The van der Waals surface area contributed by atoms with Gasteiger partial charge in [0, 0.05) is 12.0 Å². The number of benzene rings is 1. The van der Waals surface area contributed by atoms with E-state index in [2.05, 4.69) is 53.6 Å². The van der Waals surface area contributed by atoms with Crippen molar-refractivity contribution in [2.75, 3.05) is 0 Å². The minimum atomic E-state index is 0.213. The monoisotopic (exact) mass is 297 g/mol. The third-order valence-corrected chi connectivity index (χ3v) is 5.20. The Hall–Kier alpha value is -1.68. The molecule has 1 saturated carbocycles. The highest BCUT2D eigenvalue weighted by molar-refractivity contribution is 5.37. The van der Waals surface area contributed by atoms with Crippen molar-refractivity contribution in [1.82, 2.24) is 15.5 Å². The number of nitrogens with zero attached hydrogens (tertiary/aromatic N) is 2. The van der Waals surface area contributed by atoms with E-state index in [4.69, 9.17) is 4.52 Å². The van der Waals surface area contributed by atoms with E-state index in [0.717, 1.165) is 18.1 Å².